The van der Waals surface area contributed by atoms with Crippen molar-refractivity contribution in [2.45, 2.75) is 57.4 Å². The third kappa shape index (κ3) is 4.50. The molecule has 3 atom stereocenters. The number of carbonyl (C=O) groups excluding carboxylic acids is 1. The summed E-state index contributed by atoms with van der Waals surface area (Å²) in [5.41, 5.74) is 11.5. The lowest BCUT2D eigenvalue weighted by Gasteiger charge is -2.36. The van der Waals surface area contributed by atoms with Gasteiger partial charge in [0.15, 0.2) is 0 Å². The molecule has 1 amide bonds. The standard InChI is InChI=1S/C19H29N5O/c20-18(25)15-10-6-5-9-14(13-7-3-1-2-4-8-13)17(15)23-16-11-12-22-19(21)24-16/h5-6,11-15,17H,1-4,7-10H2,(H2,20,25)(H3,21,22,23,24). The zero-order valence-corrected chi connectivity index (χ0v) is 14.7. The Hall–Kier alpha value is -2.11. The lowest BCUT2D eigenvalue weighted by molar-refractivity contribution is -0.122. The van der Waals surface area contributed by atoms with Crippen LogP contribution in [-0.2, 0) is 4.79 Å². The van der Waals surface area contributed by atoms with Crippen LogP contribution >= 0.6 is 0 Å². The number of carbonyl (C=O) groups is 1. The molecule has 1 saturated carbocycles. The highest BCUT2D eigenvalue weighted by molar-refractivity contribution is 5.78. The molecule has 0 aromatic carbocycles. The van der Waals surface area contributed by atoms with Gasteiger partial charge in [-0.25, -0.2) is 4.98 Å². The van der Waals surface area contributed by atoms with E-state index in [0.29, 0.717) is 24.1 Å². The summed E-state index contributed by atoms with van der Waals surface area (Å²) in [5, 5.41) is 3.49. The molecule has 1 aromatic heterocycles. The van der Waals surface area contributed by atoms with E-state index in [9.17, 15) is 4.79 Å². The molecule has 0 aliphatic heterocycles. The number of anilines is 2. The first kappa shape index (κ1) is 17.7. The number of nitrogen functional groups attached to an aromatic ring is 1. The van der Waals surface area contributed by atoms with Gasteiger partial charge in [0, 0.05) is 12.2 Å². The maximum absolute atomic E-state index is 12.2. The normalized spacial score (nSPS) is 28.1. The van der Waals surface area contributed by atoms with Crippen LogP contribution in [0.2, 0.25) is 0 Å². The maximum Gasteiger partial charge on any atom is 0.222 e. The first-order valence-electron chi connectivity index (χ1n) is 9.44. The molecule has 1 fully saturated rings. The van der Waals surface area contributed by atoms with E-state index in [1.807, 2.05) is 0 Å². The molecule has 0 saturated heterocycles. The van der Waals surface area contributed by atoms with Crippen LogP contribution in [0.25, 0.3) is 0 Å². The summed E-state index contributed by atoms with van der Waals surface area (Å²) in [6.45, 7) is 0. The van der Waals surface area contributed by atoms with Gasteiger partial charge in [-0.05, 0) is 30.7 Å². The van der Waals surface area contributed by atoms with Crippen molar-refractivity contribution in [3.8, 4) is 0 Å². The second kappa shape index (κ2) is 8.32. The van der Waals surface area contributed by atoms with Gasteiger partial charge in [0.25, 0.3) is 0 Å². The number of rotatable bonds is 4. The molecule has 25 heavy (non-hydrogen) atoms. The molecule has 1 aromatic rings. The average Bonchev–Trinajstić information content (AvgIpc) is 2.95. The predicted octanol–water partition coefficient (Wildman–Crippen LogP) is 2.88. The number of hydrogen-bond acceptors (Lipinski definition) is 5. The second-order valence-electron chi connectivity index (χ2n) is 7.34. The van der Waals surface area contributed by atoms with Crippen LogP contribution in [0, 0.1) is 17.8 Å². The largest absolute Gasteiger partial charge is 0.369 e. The fraction of sp³-hybridized carbons (Fsp3) is 0.632. The summed E-state index contributed by atoms with van der Waals surface area (Å²) in [4.78, 5) is 20.4. The van der Waals surface area contributed by atoms with Gasteiger partial charge in [0.2, 0.25) is 11.9 Å². The van der Waals surface area contributed by atoms with Crippen molar-refractivity contribution in [1.29, 1.82) is 0 Å². The molecule has 2 aliphatic carbocycles. The zero-order chi connectivity index (χ0) is 17.6. The lowest BCUT2D eigenvalue weighted by atomic mass is 9.75. The smallest absolute Gasteiger partial charge is 0.222 e. The quantitative estimate of drug-likeness (QED) is 0.575. The van der Waals surface area contributed by atoms with Gasteiger partial charge in [-0.15, -0.1) is 0 Å². The van der Waals surface area contributed by atoms with Gasteiger partial charge < -0.3 is 16.8 Å². The third-order valence-electron chi connectivity index (χ3n) is 5.72. The lowest BCUT2D eigenvalue weighted by Crippen LogP contribution is -2.45. The molecule has 1 heterocycles. The van der Waals surface area contributed by atoms with Crippen LogP contribution in [0.5, 0.6) is 0 Å². The van der Waals surface area contributed by atoms with E-state index in [1.165, 1.54) is 38.5 Å². The van der Waals surface area contributed by atoms with Crippen molar-refractivity contribution in [3.05, 3.63) is 24.4 Å². The molecule has 6 nitrogen and oxygen atoms in total. The molecule has 6 heteroatoms. The number of nitrogens with one attached hydrogen (secondary N) is 1. The number of primary amides is 1. The Morgan fingerprint density at radius 3 is 2.52 bits per heavy atom. The van der Waals surface area contributed by atoms with Crippen molar-refractivity contribution in [1.82, 2.24) is 9.97 Å². The van der Waals surface area contributed by atoms with E-state index in [-0.39, 0.29) is 23.8 Å². The average molecular weight is 343 g/mol. The summed E-state index contributed by atoms with van der Waals surface area (Å²) in [7, 11) is 0. The van der Waals surface area contributed by atoms with Crippen molar-refractivity contribution in [2.24, 2.45) is 23.5 Å². The third-order valence-corrected chi connectivity index (χ3v) is 5.72. The number of amides is 1. The number of allylic oxidation sites excluding steroid dienone is 2. The first-order valence-corrected chi connectivity index (χ1v) is 9.44. The second-order valence-corrected chi connectivity index (χ2v) is 7.34. The predicted molar refractivity (Wildman–Crippen MR) is 99.6 cm³/mol. The monoisotopic (exact) mass is 343 g/mol. The summed E-state index contributed by atoms with van der Waals surface area (Å²) in [5.74, 6) is 1.42. The summed E-state index contributed by atoms with van der Waals surface area (Å²) >= 11 is 0. The summed E-state index contributed by atoms with van der Waals surface area (Å²) < 4.78 is 0. The number of aromatic nitrogens is 2. The highest BCUT2D eigenvalue weighted by Gasteiger charge is 2.37. The molecule has 5 N–H and O–H groups in total. The van der Waals surface area contributed by atoms with Crippen molar-refractivity contribution < 1.29 is 4.79 Å². The van der Waals surface area contributed by atoms with Gasteiger partial charge in [0.1, 0.15) is 5.82 Å². The van der Waals surface area contributed by atoms with Crippen molar-refractivity contribution >= 4 is 17.7 Å². The van der Waals surface area contributed by atoms with E-state index in [1.54, 1.807) is 12.3 Å². The summed E-state index contributed by atoms with van der Waals surface area (Å²) in [6.07, 6.45) is 15.3. The van der Waals surface area contributed by atoms with Crippen molar-refractivity contribution in [3.63, 3.8) is 0 Å². The number of nitrogens with two attached hydrogens (primary N) is 2. The van der Waals surface area contributed by atoms with Gasteiger partial charge in [-0.2, -0.15) is 4.98 Å². The molecule has 3 rings (SSSR count). The van der Waals surface area contributed by atoms with Gasteiger partial charge in [-0.3, -0.25) is 4.79 Å². The van der Waals surface area contributed by atoms with E-state index < -0.39 is 0 Å². The van der Waals surface area contributed by atoms with Crippen LogP contribution in [-0.4, -0.2) is 21.9 Å². The highest BCUT2D eigenvalue weighted by Crippen LogP contribution is 2.38. The molecular formula is C19H29N5O. The Kier molecular flexibility index (Phi) is 5.89. The molecule has 0 bridgehead atoms. The van der Waals surface area contributed by atoms with E-state index in [4.69, 9.17) is 11.5 Å². The topological polar surface area (TPSA) is 107 Å². The number of nitrogens with zero attached hydrogens (tertiary/aromatic N) is 2. The Morgan fingerprint density at radius 1 is 1.12 bits per heavy atom. The number of hydrogen-bond donors (Lipinski definition) is 3. The van der Waals surface area contributed by atoms with Crippen molar-refractivity contribution in [2.75, 3.05) is 11.1 Å². The minimum atomic E-state index is -0.246. The zero-order valence-electron chi connectivity index (χ0n) is 14.7. The maximum atomic E-state index is 12.2. The molecular weight excluding hydrogens is 314 g/mol. The molecule has 136 valence electrons. The van der Waals surface area contributed by atoms with Gasteiger partial charge >= 0.3 is 0 Å². The molecule has 3 unspecified atom stereocenters. The van der Waals surface area contributed by atoms with E-state index in [0.717, 1.165) is 6.42 Å². The Balaban J connectivity index is 1.87. The minimum Gasteiger partial charge on any atom is -0.369 e. The molecule has 0 radical (unpaired) electrons. The Labute approximate surface area is 149 Å². The SMILES string of the molecule is NC(=O)C1CC=CCC(C2CCCCCC2)C1Nc1ccnc(N)n1. The fourth-order valence-corrected chi connectivity index (χ4v) is 4.44. The van der Waals surface area contributed by atoms with Crippen LogP contribution in [0.15, 0.2) is 24.4 Å². The van der Waals surface area contributed by atoms with Gasteiger partial charge in [-0.1, -0.05) is 50.7 Å². The van der Waals surface area contributed by atoms with Crippen LogP contribution in [0.4, 0.5) is 11.8 Å². The van der Waals surface area contributed by atoms with Crippen LogP contribution in [0.3, 0.4) is 0 Å². The van der Waals surface area contributed by atoms with Crippen LogP contribution < -0.4 is 16.8 Å². The van der Waals surface area contributed by atoms with E-state index >= 15 is 0 Å². The minimum absolute atomic E-state index is 0.0232. The Morgan fingerprint density at radius 2 is 1.84 bits per heavy atom. The first-order chi connectivity index (χ1) is 12.1. The van der Waals surface area contributed by atoms with Gasteiger partial charge in [0.05, 0.1) is 5.92 Å². The molecule has 2 aliphatic rings. The highest BCUT2D eigenvalue weighted by atomic mass is 16.1. The summed E-state index contributed by atoms with van der Waals surface area (Å²) in [6, 6.07) is 1.78. The van der Waals surface area contributed by atoms with E-state index in [2.05, 4.69) is 27.4 Å². The Bertz CT molecular complexity index is 610. The van der Waals surface area contributed by atoms with Crippen LogP contribution in [0.1, 0.15) is 51.4 Å². The fourth-order valence-electron chi connectivity index (χ4n) is 4.44. The molecule has 0 spiro atoms.